The van der Waals surface area contributed by atoms with Crippen molar-refractivity contribution in [2.45, 2.75) is 56.7 Å². The van der Waals surface area contributed by atoms with E-state index in [1.807, 2.05) is 18.2 Å². The minimum atomic E-state index is -0.689. The third-order valence-corrected chi connectivity index (χ3v) is 9.24. The van der Waals surface area contributed by atoms with Crippen LogP contribution in [0.4, 0.5) is 11.5 Å². The van der Waals surface area contributed by atoms with Crippen LogP contribution in [0.5, 0.6) is 5.75 Å². The van der Waals surface area contributed by atoms with Crippen LogP contribution < -0.4 is 10.2 Å². The molecule has 2 aromatic rings. The fraction of sp³-hybridized carbons (Fsp3) is 0.621. The van der Waals surface area contributed by atoms with Crippen LogP contribution in [0, 0.1) is 0 Å². The molecule has 1 aromatic heterocycles. The third-order valence-electron chi connectivity index (χ3n) is 9.24. The average Bonchev–Trinajstić information content (AvgIpc) is 2.97. The molecule has 3 saturated heterocycles. The second-order valence-corrected chi connectivity index (χ2v) is 11.5. The lowest BCUT2D eigenvalue weighted by atomic mass is 9.95. The van der Waals surface area contributed by atoms with Crippen molar-refractivity contribution in [3.63, 3.8) is 0 Å². The van der Waals surface area contributed by atoms with Crippen LogP contribution in [-0.2, 0) is 4.79 Å². The summed E-state index contributed by atoms with van der Waals surface area (Å²) in [6, 6.07) is 11.1. The van der Waals surface area contributed by atoms with Crippen molar-refractivity contribution in [2.75, 3.05) is 69.1 Å². The molecule has 4 aliphatic rings. The predicted molar refractivity (Wildman–Crippen MR) is 151 cm³/mol. The topological polar surface area (TPSA) is 108 Å². The number of hydrogen-bond donors (Lipinski definition) is 3. The second-order valence-electron chi connectivity index (χ2n) is 11.5. The van der Waals surface area contributed by atoms with Gasteiger partial charge in [0.2, 0.25) is 0 Å². The Morgan fingerprint density at radius 2 is 1.67 bits per heavy atom. The van der Waals surface area contributed by atoms with Gasteiger partial charge in [0.05, 0.1) is 17.4 Å². The summed E-state index contributed by atoms with van der Waals surface area (Å²) >= 11 is 0. The Balaban J connectivity index is 1.00. The van der Waals surface area contributed by atoms with E-state index in [0.717, 1.165) is 63.7 Å². The number of anilines is 2. The van der Waals surface area contributed by atoms with Crippen LogP contribution in [0.15, 0.2) is 30.3 Å². The number of phenols is 1. The maximum Gasteiger partial charge on any atom is 0.303 e. The van der Waals surface area contributed by atoms with Gasteiger partial charge in [0.15, 0.2) is 5.82 Å². The predicted octanol–water partition coefficient (Wildman–Crippen LogP) is 2.56. The Bertz CT molecular complexity index is 1150. The summed E-state index contributed by atoms with van der Waals surface area (Å²) in [5, 5.41) is 31.5. The first kappa shape index (κ1) is 26.3. The first-order valence-corrected chi connectivity index (χ1v) is 14.6. The largest absolute Gasteiger partial charge is 0.507 e. The highest BCUT2D eigenvalue weighted by molar-refractivity contribution is 5.76. The zero-order chi connectivity index (χ0) is 26.8. The number of rotatable bonds is 7. The van der Waals surface area contributed by atoms with Gasteiger partial charge in [0.25, 0.3) is 0 Å². The minimum Gasteiger partial charge on any atom is -0.507 e. The Morgan fingerprint density at radius 1 is 0.923 bits per heavy atom. The molecule has 0 bridgehead atoms. The lowest BCUT2D eigenvalue weighted by Gasteiger charge is -2.50. The quantitative estimate of drug-likeness (QED) is 0.490. The second kappa shape index (κ2) is 11.7. The van der Waals surface area contributed by atoms with Gasteiger partial charge in [-0.05, 0) is 83.0 Å². The SMILES string of the molecule is O=C(O)CCCN1CCC(N2CCC(N3CCN4c5cc(-c6ccccc6O)nnc5NC[C@H]4C3)CC2)CC1. The number of carboxylic acids is 1. The number of aliphatic carboxylic acids is 1. The van der Waals surface area contributed by atoms with Crippen molar-refractivity contribution in [1.29, 1.82) is 0 Å². The summed E-state index contributed by atoms with van der Waals surface area (Å²) in [7, 11) is 0. The van der Waals surface area contributed by atoms with Crippen molar-refractivity contribution in [1.82, 2.24) is 24.9 Å². The standard InChI is InChI=1S/C29H41N7O3/c37-27-5-2-1-4-24(27)25-18-26-29(32-31-25)30-19-23-20-35(16-17-36(23)26)22-9-14-34(15-10-22)21-7-12-33(13-8-21)11-3-6-28(38)39/h1-2,4-5,18,21-23,37H,3,6-17,19-20H2,(H,30,32)(H,38,39)/t23-/m0/s1. The number of benzene rings is 1. The molecule has 10 heteroatoms. The van der Waals surface area contributed by atoms with E-state index >= 15 is 0 Å². The molecule has 1 aromatic carbocycles. The van der Waals surface area contributed by atoms with Gasteiger partial charge in [-0.1, -0.05) is 12.1 Å². The van der Waals surface area contributed by atoms with Crippen LogP contribution in [0.2, 0.25) is 0 Å². The maximum absolute atomic E-state index is 10.8. The molecule has 6 rings (SSSR count). The minimum absolute atomic E-state index is 0.226. The molecule has 3 N–H and O–H groups in total. The Kier molecular flexibility index (Phi) is 7.85. The van der Waals surface area contributed by atoms with Crippen molar-refractivity contribution in [3.8, 4) is 17.0 Å². The zero-order valence-electron chi connectivity index (χ0n) is 22.7. The maximum atomic E-state index is 10.8. The first-order valence-electron chi connectivity index (χ1n) is 14.6. The molecule has 210 valence electrons. The summed E-state index contributed by atoms with van der Waals surface area (Å²) < 4.78 is 0. The van der Waals surface area contributed by atoms with E-state index in [2.05, 4.69) is 41.2 Å². The Labute approximate surface area is 230 Å². The van der Waals surface area contributed by atoms with Crippen molar-refractivity contribution < 1.29 is 15.0 Å². The number of piperazine rings is 1. The number of aromatic nitrogens is 2. The molecule has 1 atom stereocenters. The van der Waals surface area contributed by atoms with E-state index in [4.69, 9.17) is 5.11 Å². The number of carboxylic acid groups (broad SMARTS) is 1. The normalized spacial score (nSPS) is 23.7. The molecule has 0 spiro atoms. The van der Waals surface area contributed by atoms with Crippen LogP contribution in [-0.4, -0.2) is 118 Å². The zero-order valence-corrected chi connectivity index (χ0v) is 22.7. The summed E-state index contributed by atoms with van der Waals surface area (Å²) in [6.07, 6.45) is 5.91. The summed E-state index contributed by atoms with van der Waals surface area (Å²) in [5.41, 5.74) is 2.50. The summed E-state index contributed by atoms with van der Waals surface area (Å²) in [5.74, 6) is 0.371. The average molecular weight is 536 g/mol. The molecule has 4 aliphatic heterocycles. The number of hydrogen-bond acceptors (Lipinski definition) is 9. The van der Waals surface area contributed by atoms with Gasteiger partial charge in [-0.15, -0.1) is 10.2 Å². The van der Waals surface area contributed by atoms with E-state index in [1.165, 1.54) is 38.8 Å². The van der Waals surface area contributed by atoms with E-state index in [1.54, 1.807) is 6.07 Å². The van der Waals surface area contributed by atoms with Crippen LogP contribution in [0.3, 0.4) is 0 Å². The van der Waals surface area contributed by atoms with Crippen LogP contribution in [0.1, 0.15) is 38.5 Å². The molecule has 0 aliphatic carbocycles. The Hall–Kier alpha value is -2.95. The van der Waals surface area contributed by atoms with Crippen molar-refractivity contribution in [2.24, 2.45) is 0 Å². The first-order chi connectivity index (χ1) is 19.0. The van der Waals surface area contributed by atoms with Gasteiger partial charge in [-0.2, -0.15) is 0 Å². The highest BCUT2D eigenvalue weighted by atomic mass is 16.4. The molecule has 0 unspecified atom stereocenters. The highest BCUT2D eigenvalue weighted by Gasteiger charge is 2.37. The number of aromatic hydroxyl groups is 1. The Morgan fingerprint density at radius 3 is 2.44 bits per heavy atom. The molecule has 3 fully saturated rings. The third kappa shape index (κ3) is 5.83. The number of carbonyl (C=O) groups is 1. The molecular formula is C29H41N7O3. The molecular weight excluding hydrogens is 494 g/mol. The number of likely N-dealkylation sites (tertiary alicyclic amines) is 2. The van der Waals surface area contributed by atoms with Gasteiger partial charge in [0.1, 0.15) is 5.75 Å². The fourth-order valence-corrected chi connectivity index (χ4v) is 7.04. The van der Waals surface area contributed by atoms with E-state index in [0.29, 0.717) is 29.4 Å². The number of nitrogens with zero attached hydrogens (tertiary/aromatic N) is 6. The van der Waals surface area contributed by atoms with Gasteiger partial charge < -0.3 is 30.2 Å². The molecule has 0 amide bonds. The smallest absolute Gasteiger partial charge is 0.303 e. The number of piperidine rings is 2. The van der Waals surface area contributed by atoms with E-state index < -0.39 is 5.97 Å². The number of nitrogens with one attached hydrogen (secondary N) is 1. The molecule has 5 heterocycles. The van der Waals surface area contributed by atoms with Gasteiger partial charge >= 0.3 is 5.97 Å². The summed E-state index contributed by atoms with van der Waals surface area (Å²) in [4.78, 5) is 21.2. The summed E-state index contributed by atoms with van der Waals surface area (Å²) in [6.45, 7) is 9.43. The van der Waals surface area contributed by atoms with Crippen LogP contribution >= 0.6 is 0 Å². The lowest BCUT2D eigenvalue weighted by Crippen LogP contribution is -2.61. The molecule has 0 radical (unpaired) electrons. The van der Waals surface area contributed by atoms with Crippen molar-refractivity contribution >= 4 is 17.5 Å². The van der Waals surface area contributed by atoms with Crippen LogP contribution in [0.25, 0.3) is 11.3 Å². The van der Waals surface area contributed by atoms with Gasteiger partial charge in [-0.3, -0.25) is 9.69 Å². The molecule has 39 heavy (non-hydrogen) atoms. The fourth-order valence-electron chi connectivity index (χ4n) is 7.04. The van der Waals surface area contributed by atoms with E-state index in [-0.39, 0.29) is 12.2 Å². The van der Waals surface area contributed by atoms with Crippen molar-refractivity contribution in [3.05, 3.63) is 30.3 Å². The monoisotopic (exact) mass is 535 g/mol. The van der Waals surface area contributed by atoms with Gasteiger partial charge in [-0.25, -0.2) is 0 Å². The lowest BCUT2D eigenvalue weighted by molar-refractivity contribution is -0.137. The number of fused-ring (bicyclic) bond motifs is 3. The molecule has 10 nitrogen and oxygen atoms in total. The molecule has 0 saturated carbocycles. The number of para-hydroxylation sites is 1. The van der Waals surface area contributed by atoms with Gasteiger partial charge in [0, 0.05) is 50.2 Å². The highest BCUT2D eigenvalue weighted by Crippen LogP contribution is 2.36. The van der Waals surface area contributed by atoms with E-state index in [9.17, 15) is 9.90 Å². The number of phenolic OH excluding ortho intramolecular Hbond substituents is 1.